The van der Waals surface area contributed by atoms with E-state index in [-0.39, 0.29) is 17.4 Å². The topological polar surface area (TPSA) is 70.2 Å². The summed E-state index contributed by atoms with van der Waals surface area (Å²) >= 11 is 0. The van der Waals surface area contributed by atoms with E-state index in [0.717, 1.165) is 0 Å². The standard InChI is InChI=1S/C12H17NO3/c1-6(2)9-8(5-14)13-11(7(3)4)10(9)12(15)16/h5-7,13H,1-4H3,(H,15,16). The zero-order chi connectivity index (χ0) is 12.5. The number of aldehydes is 1. The maximum Gasteiger partial charge on any atom is 0.337 e. The van der Waals surface area contributed by atoms with Gasteiger partial charge in [-0.05, 0) is 17.4 Å². The molecule has 1 heterocycles. The third-order valence-corrected chi connectivity index (χ3v) is 2.58. The van der Waals surface area contributed by atoms with Gasteiger partial charge in [-0.2, -0.15) is 0 Å². The van der Waals surface area contributed by atoms with Gasteiger partial charge in [-0.15, -0.1) is 0 Å². The second-order valence-corrected chi connectivity index (χ2v) is 4.47. The van der Waals surface area contributed by atoms with E-state index in [1.807, 2.05) is 27.7 Å². The SMILES string of the molecule is CC(C)c1[nH]c(C=O)c(C(C)C)c1C(=O)O. The summed E-state index contributed by atoms with van der Waals surface area (Å²) in [6.45, 7) is 7.56. The molecule has 0 aliphatic rings. The van der Waals surface area contributed by atoms with Crippen LogP contribution >= 0.6 is 0 Å². The van der Waals surface area contributed by atoms with Crippen molar-refractivity contribution in [3.05, 3.63) is 22.5 Å². The van der Waals surface area contributed by atoms with Crippen molar-refractivity contribution in [2.45, 2.75) is 39.5 Å². The number of hydrogen-bond donors (Lipinski definition) is 2. The third kappa shape index (κ3) is 2.01. The minimum absolute atomic E-state index is 0.00931. The third-order valence-electron chi connectivity index (χ3n) is 2.58. The van der Waals surface area contributed by atoms with Gasteiger partial charge in [0, 0.05) is 5.69 Å². The Morgan fingerprint density at radius 2 is 1.81 bits per heavy atom. The van der Waals surface area contributed by atoms with Crippen LogP contribution in [0.3, 0.4) is 0 Å². The molecule has 0 amide bonds. The molecule has 0 atom stereocenters. The minimum Gasteiger partial charge on any atom is -0.478 e. The van der Waals surface area contributed by atoms with Gasteiger partial charge < -0.3 is 10.1 Å². The molecule has 0 spiro atoms. The van der Waals surface area contributed by atoms with Crippen LogP contribution in [0.4, 0.5) is 0 Å². The van der Waals surface area contributed by atoms with Crippen molar-refractivity contribution in [2.75, 3.05) is 0 Å². The monoisotopic (exact) mass is 223 g/mol. The lowest BCUT2D eigenvalue weighted by molar-refractivity contribution is 0.0694. The van der Waals surface area contributed by atoms with Crippen LogP contribution in [0.2, 0.25) is 0 Å². The number of hydrogen-bond acceptors (Lipinski definition) is 2. The van der Waals surface area contributed by atoms with E-state index in [1.54, 1.807) is 0 Å². The average molecular weight is 223 g/mol. The molecule has 1 aromatic rings. The highest BCUT2D eigenvalue weighted by molar-refractivity contribution is 5.94. The van der Waals surface area contributed by atoms with Crippen molar-refractivity contribution < 1.29 is 14.7 Å². The lowest BCUT2D eigenvalue weighted by Crippen LogP contribution is -2.06. The zero-order valence-corrected chi connectivity index (χ0v) is 10.00. The summed E-state index contributed by atoms with van der Waals surface area (Å²) < 4.78 is 0. The van der Waals surface area contributed by atoms with E-state index in [9.17, 15) is 14.7 Å². The Hall–Kier alpha value is -1.58. The number of carboxylic acids is 1. The van der Waals surface area contributed by atoms with Crippen molar-refractivity contribution in [1.82, 2.24) is 4.98 Å². The van der Waals surface area contributed by atoms with Crippen LogP contribution in [0.5, 0.6) is 0 Å². The number of nitrogens with one attached hydrogen (secondary N) is 1. The summed E-state index contributed by atoms with van der Waals surface area (Å²) in [4.78, 5) is 25.1. The van der Waals surface area contributed by atoms with E-state index in [2.05, 4.69) is 4.98 Å². The highest BCUT2D eigenvalue weighted by Gasteiger charge is 2.25. The first kappa shape index (κ1) is 12.5. The Balaban J connectivity index is 3.54. The van der Waals surface area contributed by atoms with E-state index in [4.69, 9.17) is 0 Å². The zero-order valence-electron chi connectivity index (χ0n) is 10.00. The predicted octanol–water partition coefficient (Wildman–Crippen LogP) is 2.77. The number of aromatic carboxylic acids is 1. The van der Waals surface area contributed by atoms with Gasteiger partial charge in [-0.1, -0.05) is 27.7 Å². The molecule has 1 aromatic heterocycles. The molecule has 2 N–H and O–H groups in total. The van der Waals surface area contributed by atoms with Crippen molar-refractivity contribution in [2.24, 2.45) is 0 Å². The van der Waals surface area contributed by atoms with E-state index in [0.29, 0.717) is 23.2 Å². The number of H-pyrrole nitrogens is 1. The average Bonchev–Trinajstić information content (AvgIpc) is 2.56. The number of carbonyl (C=O) groups is 2. The molecule has 0 aromatic carbocycles. The van der Waals surface area contributed by atoms with Crippen LogP contribution in [0.1, 0.15) is 71.6 Å². The lowest BCUT2D eigenvalue weighted by Gasteiger charge is -2.07. The molecular formula is C12H17NO3. The number of aromatic amines is 1. The smallest absolute Gasteiger partial charge is 0.337 e. The number of aromatic nitrogens is 1. The normalized spacial score (nSPS) is 11.1. The van der Waals surface area contributed by atoms with Gasteiger partial charge in [-0.3, -0.25) is 4.79 Å². The Labute approximate surface area is 94.7 Å². The molecule has 1 rings (SSSR count). The highest BCUT2D eigenvalue weighted by atomic mass is 16.4. The molecule has 0 saturated carbocycles. The largest absolute Gasteiger partial charge is 0.478 e. The highest BCUT2D eigenvalue weighted by Crippen LogP contribution is 2.30. The molecule has 16 heavy (non-hydrogen) atoms. The molecule has 4 heteroatoms. The van der Waals surface area contributed by atoms with Gasteiger partial charge in [-0.25, -0.2) is 4.79 Å². The Morgan fingerprint density at radius 1 is 1.25 bits per heavy atom. The van der Waals surface area contributed by atoms with Crippen LogP contribution in [-0.4, -0.2) is 22.3 Å². The molecule has 0 bridgehead atoms. The first-order chi connectivity index (χ1) is 7.40. The van der Waals surface area contributed by atoms with Crippen LogP contribution in [-0.2, 0) is 0 Å². The minimum atomic E-state index is -0.975. The van der Waals surface area contributed by atoms with Gasteiger partial charge in [0.1, 0.15) is 0 Å². The van der Waals surface area contributed by atoms with Crippen molar-refractivity contribution >= 4 is 12.3 Å². The summed E-state index contributed by atoms with van der Waals surface area (Å²) in [5, 5.41) is 9.22. The maximum atomic E-state index is 11.2. The second-order valence-electron chi connectivity index (χ2n) is 4.47. The molecule has 0 fully saturated rings. The summed E-state index contributed by atoms with van der Waals surface area (Å²) in [5.74, 6) is -0.913. The Bertz CT molecular complexity index is 416. The van der Waals surface area contributed by atoms with Gasteiger partial charge in [0.25, 0.3) is 0 Å². The first-order valence-electron chi connectivity index (χ1n) is 5.34. The van der Waals surface area contributed by atoms with Gasteiger partial charge in [0.2, 0.25) is 0 Å². The maximum absolute atomic E-state index is 11.2. The number of carbonyl (C=O) groups excluding carboxylic acids is 1. The number of carboxylic acid groups (broad SMARTS) is 1. The van der Waals surface area contributed by atoms with E-state index in [1.165, 1.54) is 0 Å². The van der Waals surface area contributed by atoms with E-state index < -0.39 is 5.97 Å². The second kappa shape index (κ2) is 4.51. The molecule has 0 saturated heterocycles. The molecule has 0 aliphatic heterocycles. The summed E-state index contributed by atoms with van der Waals surface area (Å²) in [5.41, 5.74) is 1.87. The summed E-state index contributed by atoms with van der Waals surface area (Å²) in [7, 11) is 0. The van der Waals surface area contributed by atoms with Gasteiger partial charge in [0.15, 0.2) is 6.29 Å². The fraction of sp³-hybridized carbons (Fsp3) is 0.500. The molecular weight excluding hydrogens is 206 g/mol. The van der Waals surface area contributed by atoms with Gasteiger partial charge >= 0.3 is 5.97 Å². The van der Waals surface area contributed by atoms with Crippen LogP contribution in [0.15, 0.2) is 0 Å². The van der Waals surface area contributed by atoms with E-state index >= 15 is 0 Å². The molecule has 0 radical (unpaired) electrons. The quantitative estimate of drug-likeness (QED) is 0.771. The first-order valence-corrected chi connectivity index (χ1v) is 5.34. The molecule has 4 nitrogen and oxygen atoms in total. The summed E-state index contributed by atoms with van der Waals surface area (Å²) in [6.07, 6.45) is 0.688. The molecule has 0 aliphatic carbocycles. The Kier molecular flexibility index (Phi) is 3.52. The lowest BCUT2D eigenvalue weighted by atomic mass is 9.95. The molecule has 88 valence electrons. The van der Waals surface area contributed by atoms with Crippen molar-refractivity contribution in [3.63, 3.8) is 0 Å². The van der Waals surface area contributed by atoms with Crippen molar-refractivity contribution in [1.29, 1.82) is 0 Å². The molecule has 0 unspecified atom stereocenters. The number of rotatable bonds is 4. The van der Waals surface area contributed by atoms with Crippen LogP contribution < -0.4 is 0 Å². The van der Waals surface area contributed by atoms with Crippen LogP contribution in [0, 0.1) is 0 Å². The summed E-state index contributed by atoms with van der Waals surface area (Å²) in [6, 6.07) is 0. The predicted molar refractivity (Wildman–Crippen MR) is 61.3 cm³/mol. The Morgan fingerprint density at radius 3 is 2.12 bits per heavy atom. The van der Waals surface area contributed by atoms with Crippen molar-refractivity contribution in [3.8, 4) is 0 Å². The van der Waals surface area contributed by atoms with Gasteiger partial charge in [0.05, 0.1) is 11.3 Å². The fourth-order valence-electron chi connectivity index (χ4n) is 1.91. The fourth-order valence-corrected chi connectivity index (χ4v) is 1.91. The van der Waals surface area contributed by atoms with Crippen LogP contribution in [0.25, 0.3) is 0 Å².